The number of hydrogen-bond acceptors (Lipinski definition) is 2. The lowest BCUT2D eigenvalue weighted by Gasteiger charge is -2.09. The summed E-state index contributed by atoms with van der Waals surface area (Å²) in [7, 11) is 0. The van der Waals surface area contributed by atoms with Crippen LogP contribution in [0.3, 0.4) is 0 Å². The highest BCUT2D eigenvalue weighted by atomic mass is 16.2. The molecule has 0 heterocycles. The van der Waals surface area contributed by atoms with E-state index in [1.54, 1.807) is 0 Å². The fraction of sp³-hybridized carbons (Fsp3) is 0.130. The molecule has 3 aromatic carbocycles. The molecule has 0 radical (unpaired) electrons. The normalized spacial score (nSPS) is 11.4. The zero-order valence-electron chi connectivity index (χ0n) is 14.9. The van der Waals surface area contributed by atoms with Crippen LogP contribution in [0.5, 0.6) is 0 Å². The van der Waals surface area contributed by atoms with Gasteiger partial charge in [0.1, 0.15) is 0 Å². The van der Waals surface area contributed by atoms with Gasteiger partial charge in [0.15, 0.2) is 0 Å². The zero-order chi connectivity index (χ0) is 18.6. The number of anilines is 1. The molecule has 0 aliphatic heterocycles. The molecule has 0 aromatic heterocycles. The van der Waals surface area contributed by atoms with Gasteiger partial charge in [0.05, 0.1) is 13.0 Å². The summed E-state index contributed by atoms with van der Waals surface area (Å²) < 4.78 is 0. The van der Waals surface area contributed by atoms with E-state index < -0.39 is 0 Å². The van der Waals surface area contributed by atoms with Crippen LogP contribution in [0.2, 0.25) is 0 Å². The van der Waals surface area contributed by atoms with Crippen molar-refractivity contribution in [3.63, 3.8) is 0 Å². The van der Waals surface area contributed by atoms with Crippen LogP contribution >= 0.6 is 0 Å². The predicted molar refractivity (Wildman–Crippen MR) is 106 cm³/mol. The van der Waals surface area contributed by atoms with Crippen LogP contribution in [0.25, 0.3) is 11.1 Å². The van der Waals surface area contributed by atoms with Gasteiger partial charge in [-0.15, -0.1) is 0 Å². The molecule has 0 saturated heterocycles. The Morgan fingerprint density at radius 3 is 2.37 bits per heavy atom. The summed E-state index contributed by atoms with van der Waals surface area (Å²) in [6, 6.07) is 23.8. The Balaban J connectivity index is 1.33. The Kier molecular flexibility index (Phi) is 4.71. The lowest BCUT2D eigenvalue weighted by Crippen LogP contribution is -2.33. The third-order valence-corrected chi connectivity index (χ3v) is 4.73. The number of hydrogen-bond donors (Lipinski definition) is 2. The maximum atomic E-state index is 12.2. The number of carbonyl (C=O) groups is 2. The highest BCUT2D eigenvalue weighted by Gasteiger charge is 2.18. The topological polar surface area (TPSA) is 58.2 Å². The van der Waals surface area contributed by atoms with Gasteiger partial charge in [0.2, 0.25) is 11.8 Å². The summed E-state index contributed by atoms with van der Waals surface area (Å²) in [4.78, 5) is 24.1. The van der Waals surface area contributed by atoms with Crippen molar-refractivity contribution in [3.05, 3.63) is 89.5 Å². The molecule has 0 saturated carbocycles. The molecule has 3 aromatic rings. The standard InChI is InChI=1S/C23H20N2O2/c26-22(12-16-6-2-1-3-7-16)24-15-23(27)25-19-10-11-21-18(14-19)13-17-8-4-5-9-20(17)21/h1-11,14H,12-13,15H2,(H,24,26)(H,25,27). The first-order valence-corrected chi connectivity index (χ1v) is 9.01. The third-order valence-electron chi connectivity index (χ3n) is 4.73. The van der Waals surface area contributed by atoms with E-state index in [0.717, 1.165) is 17.7 Å². The maximum absolute atomic E-state index is 12.2. The monoisotopic (exact) mass is 356 g/mol. The maximum Gasteiger partial charge on any atom is 0.243 e. The second-order valence-corrected chi connectivity index (χ2v) is 6.69. The molecule has 2 N–H and O–H groups in total. The molecule has 27 heavy (non-hydrogen) atoms. The van der Waals surface area contributed by atoms with Crippen molar-refractivity contribution in [1.29, 1.82) is 0 Å². The minimum absolute atomic E-state index is 0.0387. The van der Waals surface area contributed by atoms with Crippen molar-refractivity contribution in [2.75, 3.05) is 11.9 Å². The van der Waals surface area contributed by atoms with Gasteiger partial charge in [0, 0.05) is 5.69 Å². The molecule has 4 heteroatoms. The quantitative estimate of drug-likeness (QED) is 0.574. The first-order valence-electron chi connectivity index (χ1n) is 9.01. The number of benzene rings is 3. The Labute approximate surface area is 158 Å². The molecule has 0 unspecified atom stereocenters. The van der Waals surface area contributed by atoms with E-state index in [4.69, 9.17) is 0 Å². The van der Waals surface area contributed by atoms with Gasteiger partial charge in [-0.2, -0.15) is 0 Å². The van der Waals surface area contributed by atoms with Crippen LogP contribution in [0.1, 0.15) is 16.7 Å². The number of amides is 2. The number of rotatable bonds is 5. The Hall–Kier alpha value is -3.40. The average Bonchev–Trinajstić information content (AvgIpc) is 3.05. The van der Waals surface area contributed by atoms with Crippen LogP contribution in [-0.2, 0) is 22.4 Å². The van der Waals surface area contributed by atoms with E-state index in [1.165, 1.54) is 22.3 Å². The molecule has 0 bridgehead atoms. The lowest BCUT2D eigenvalue weighted by atomic mass is 10.1. The number of carbonyl (C=O) groups excluding carboxylic acids is 2. The fourth-order valence-electron chi connectivity index (χ4n) is 3.45. The van der Waals surface area contributed by atoms with Gasteiger partial charge in [-0.25, -0.2) is 0 Å². The number of nitrogens with one attached hydrogen (secondary N) is 2. The lowest BCUT2D eigenvalue weighted by molar-refractivity contribution is -0.123. The van der Waals surface area contributed by atoms with Crippen molar-refractivity contribution in [3.8, 4) is 11.1 Å². The van der Waals surface area contributed by atoms with E-state index in [1.807, 2.05) is 60.7 Å². The summed E-state index contributed by atoms with van der Waals surface area (Å²) in [6.45, 7) is -0.0387. The summed E-state index contributed by atoms with van der Waals surface area (Å²) >= 11 is 0. The van der Waals surface area contributed by atoms with Crippen LogP contribution in [-0.4, -0.2) is 18.4 Å². The van der Waals surface area contributed by atoms with E-state index >= 15 is 0 Å². The summed E-state index contributed by atoms with van der Waals surface area (Å²) in [5.74, 6) is -0.396. The minimum atomic E-state index is -0.230. The van der Waals surface area contributed by atoms with E-state index in [-0.39, 0.29) is 24.8 Å². The minimum Gasteiger partial charge on any atom is -0.347 e. The second kappa shape index (κ2) is 7.46. The Bertz CT molecular complexity index is 996. The van der Waals surface area contributed by atoms with Gasteiger partial charge >= 0.3 is 0 Å². The smallest absolute Gasteiger partial charge is 0.243 e. The fourth-order valence-corrected chi connectivity index (χ4v) is 3.45. The van der Waals surface area contributed by atoms with Crippen molar-refractivity contribution < 1.29 is 9.59 Å². The van der Waals surface area contributed by atoms with E-state index in [2.05, 4.69) is 22.8 Å². The van der Waals surface area contributed by atoms with Crippen molar-refractivity contribution in [1.82, 2.24) is 5.32 Å². The molecule has 1 aliphatic rings. The van der Waals surface area contributed by atoms with Gasteiger partial charge in [-0.3, -0.25) is 9.59 Å². The van der Waals surface area contributed by atoms with Gasteiger partial charge in [0.25, 0.3) is 0 Å². The van der Waals surface area contributed by atoms with Gasteiger partial charge in [-0.1, -0.05) is 60.7 Å². The summed E-state index contributed by atoms with van der Waals surface area (Å²) in [5.41, 5.74) is 6.68. The van der Waals surface area contributed by atoms with Crippen LogP contribution in [0.4, 0.5) is 5.69 Å². The van der Waals surface area contributed by atoms with Crippen LogP contribution in [0, 0.1) is 0 Å². The molecule has 134 valence electrons. The average molecular weight is 356 g/mol. The van der Waals surface area contributed by atoms with Crippen LogP contribution < -0.4 is 10.6 Å². The first kappa shape index (κ1) is 17.0. The molecule has 4 nitrogen and oxygen atoms in total. The first-order chi connectivity index (χ1) is 13.2. The third kappa shape index (κ3) is 3.90. The highest BCUT2D eigenvalue weighted by molar-refractivity contribution is 5.95. The van der Waals surface area contributed by atoms with Crippen LogP contribution in [0.15, 0.2) is 72.8 Å². The number of fused-ring (bicyclic) bond motifs is 3. The SMILES string of the molecule is O=C(Cc1ccccc1)NCC(=O)Nc1ccc2c(c1)Cc1ccccc1-2. The van der Waals surface area contributed by atoms with Crippen molar-refractivity contribution in [2.45, 2.75) is 12.8 Å². The molecule has 2 amide bonds. The summed E-state index contributed by atoms with van der Waals surface area (Å²) in [5, 5.41) is 5.53. The molecule has 0 atom stereocenters. The van der Waals surface area contributed by atoms with Gasteiger partial charge < -0.3 is 10.6 Å². The summed E-state index contributed by atoms with van der Waals surface area (Å²) in [6.07, 6.45) is 1.15. The van der Waals surface area contributed by atoms with Crippen molar-refractivity contribution in [2.24, 2.45) is 0 Å². The van der Waals surface area contributed by atoms with E-state index in [9.17, 15) is 9.59 Å². The Morgan fingerprint density at radius 2 is 1.52 bits per heavy atom. The molecule has 0 fully saturated rings. The Morgan fingerprint density at radius 1 is 0.778 bits per heavy atom. The van der Waals surface area contributed by atoms with Crippen molar-refractivity contribution >= 4 is 17.5 Å². The molecule has 0 spiro atoms. The molecule has 4 rings (SSSR count). The zero-order valence-corrected chi connectivity index (χ0v) is 14.9. The molecular weight excluding hydrogens is 336 g/mol. The molecule has 1 aliphatic carbocycles. The predicted octanol–water partition coefficient (Wildman–Crippen LogP) is 3.56. The van der Waals surface area contributed by atoms with Gasteiger partial charge in [-0.05, 0) is 46.4 Å². The largest absolute Gasteiger partial charge is 0.347 e. The molecular formula is C23H20N2O2. The van der Waals surface area contributed by atoms with E-state index in [0.29, 0.717) is 0 Å². The second-order valence-electron chi connectivity index (χ2n) is 6.69. The highest BCUT2D eigenvalue weighted by Crippen LogP contribution is 2.37.